The van der Waals surface area contributed by atoms with Gasteiger partial charge in [0.05, 0.1) is 72.6 Å². The Morgan fingerprint density at radius 2 is 1.10 bits per heavy atom. The van der Waals surface area contributed by atoms with E-state index in [4.69, 9.17) is 17.3 Å². The third-order valence-corrected chi connectivity index (χ3v) is 11.6. The molecule has 1 aliphatic rings. The second kappa shape index (κ2) is 20.5. The zero-order valence-electron chi connectivity index (χ0n) is 36.2. The first-order chi connectivity index (χ1) is 32.7. The van der Waals surface area contributed by atoms with Crippen molar-refractivity contribution in [2.24, 2.45) is 5.92 Å². The van der Waals surface area contributed by atoms with E-state index >= 15 is 0 Å². The Balaban J connectivity index is 0.000000185. The second-order valence-corrected chi connectivity index (χ2v) is 16.8. The summed E-state index contributed by atoms with van der Waals surface area (Å²) in [6.45, 7) is -0.867. The minimum atomic E-state index is -4.28. The molecule has 4 aromatic heterocycles. The zero-order chi connectivity index (χ0) is 48.0. The first-order valence-corrected chi connectivity index (χ1v) is 22.1. The van der Waals surface area contributed by atoms with Crippen molar-refractivity contribution in [1.29, 1.82) is 0 Å². The first kappa shape index (κ1) is 47.5. The van der Waals surface area contributed by atoms with Gasteiger partial charge in [0.25, 0.3) is 0 Å². The molecule has 0 radical (unpaired) electrons. The Labute approximate surface area is 391 Å². The van der Waals surface area contributed by atoms with Gasteiger partial charge in [0, 0.05) is 45.8 Å². The van der Waals surface area contributed by atoms with E-state index in [9.17, 15) is 41.4 Å². The molecule has 9 rings (SSSR count). The number of imidazole rings is 2. The highest BCUT2D eigenvalue weighted by Gasteiger charge is 2.28. The van der Waals surface area contributed by atoms with Crippen LogP contribution < -0.4 is 10.6 Å². The molecule has 350 valence electrons. The van der Waals surface area contributed by atoms with Crippen LogP contribution in [0.5, 0.6) is 0 Å². The predicted molar refractivity (Wildman–Crippen MR) is 252 cm³/mol. The van der Waals surface area contributed by atoms with Gasteiger partial charge in [0.1, 0.15) is 6.29 Å². The highest BCUT2D eigenvalue weighted by atomic mass is 32.1. The number of benzene rings is 4. The third-order valence-electron chi connectivity index (χ3n) is 11.2. The molecule has 0 aliphatic heterocycles. The van der Waals surface area contributed by atoms with Crippen molar-refractivity contribution in [3.63, 3.8) is 0 Å². The van der Waals surface area contributed by atoms with E-state index in [1.54, 1.807) is 88.2 Å². The van der Waals surface area contributed by atoms with E-state index in [1.807, 2.05) is 42.5 Å². The van der Waals surface area contributed by atoms with Crippen LogP contribution in [-0.4, -0.2) is 76.0 Å². The van der Waals surface area contributed by atoms with Crippen molar-refractivity contribution in [3.05, 3.63) is 144 Å². The maximum atomic E-state index is 12.8. The number of thiocarbonyl (C=S) groups is 1. The largest absolute Gasteiger partial charge is 0.392 e. The highest BCUT2D eigenvalue weighted by Crippen LogP contribution is 2.35. The van der Waals surface area contributed by atoms with Crippen molar-refractivity contribution in [1.82, 2.24) is 29.2 Å². The van der Waals surface area contributed by atoms with Gasteiger partial charge in [-0.25, -0.2) is 19.0 Å². The lowest BCUT2D eigenvalue weighted by molar-refractivity contribution is -0.132. The molecular formula is C50H44F6N8O3S. The molecule has 8 aromatic rings. The first-order valence-electron chi connectivity index (χ1n) is 21.7. The number of halogens is 6. The maximum absolute atomic E-state index is 12.8. The van der Waals surface area contributed by atoms with Gasteiger partial charge in [-0.05, 0) is 66.1 Å². The highest BCUT2D eigenvalue weighted by molar-refractivity contribution is 7.80. The van der Waals surface area contributed by atoms with Gasteiger partial charge in [-0.1, -0.05) is 97.1 Å². The molecule has 1 saturated carbocycles. The fraction of sp³-hybridized carbons (Fsp3) is 0.240. The van der Waals surface area contributed by atoms with E-state index in [1.165, 1.54) is 12.8 Å². The van der Waals surface area contributed by atoms with Crippen LogP contribution in [0.25, 0.3) is 56.3 Å². The zero-order valence-corrected chi connectivity index (χ0v) is 37.0. The number of carbonyl (C=O) groups is 1. The molecule has 0 amide bonds. The summed E-state index contributed by atoms with van der Waals surface area (Å²) in [5, 5.41) is 34.1. The van der Waals surface area contributed by atoms with Crippen molar-refractivity contribution < 1.29 is 41.4 Å². The quantitative estimate of drug-likeness (QED) is 0.0320. The summed E-state index contributed by atoms with van der Waals surface area (Å²) in [7, 11) is 0. The van der Waals surface area contributed by atoms with E-state index < -0.39 is 25.2 Å². The predicted octanol–water partition coefficient (Wildman–Crippen LogP) is 11.2. The smallest absolute Gasteiger partial charge is 0.390 e. The molecule has 68 heavy (non-hydrogen) atoms. The fourth-order valence-electron chi connectivity index (χ4n) is 7.47. The van der Waals surface area contributed by atoms with Crippen LogP contribution in [-0.2, 0) is 13.2 Å². The normalized spacial score (nSPS) is 12.8. The lowest BCUT2D eigenvalue weighted by atomic mass is 10.0. The Bertz CT molecular complexity index is 3060. The Morgan fingerprint density at radius 3 is 1.51 bits per heavy atom. The fourth-order valence-corrected chi connectivity index (χ4v) is 7.84. The van der Waals surface area contributed by atoms with Gasteiger partial charge in [0.15, 0.2) is 11.3 Å². The number of hydrogen-bond acceptors (Lipinski definition) is 10. The van der Waals surface area contributed by atoms with E-state index in [0.717, 1.165) is 39.8 Å². The number of anilines is 2. The van der Waals surface area contributed by atoms with Crippen molar-refractivity contribution >= 4 is 46.0 Å². The number of hydrogen-bond donors (Lipinski definition) is 4. The van der Waals surface area contributed by atoms with Crippen molar-refractivity contribution in [2.45, 2.75) is 57.7 Å². The average molecular weight is 951 g/mol. The third kappa shape index (κ3) is 11.7. The van der Waals surface area contributed by atoms with Gasteiger partial charge < -0.3 is 20.8 Å². The molecule has 1 aliphatic carbocycles. The standard InChI is InChI=1S/C27H25F3N4OS.C23H19F3N4O2/c28-27(29,30)10-11-31-23-14-22(21-3-1-2-18(12-21)16-35)33-34-24(15-32-26(23)34)19-6-8-20(9-7-19)25(36)13-17-4-5-17;24-23(25,26)8-9-27-20-11-19(18-3-1-2-16(10-18)14-32)29-30-21(12-28-22(20)30)17-6-4-15(13-31)5-7-17/h1-3,6-9,12,14-15,17,31,35H,4-5,10-11,13,16H2;1-7,10-13,27,32H,8-9,14H2. The molecule has 1 fully saturated rings. The number of nitrogens with one attached hydrogen (secondary N) is 2. The number of aldehydes is 1. The van der Waals surface area contributed by atoms with Gasteiger partial charge in [-0.15, -0.1) is 0 Å². The number of aromatic nitrogens is 6. The number of rotatable bonds is 16. The molecule has 0 spiro atoms. The number of fused-ring (bicyclic) bond motifs is 2. The molecule has 0 bridgehead atoms. The van der Waals surface area contributed by atoms with Gasteiger partial charge in [-0.3, -0.25) is 4.79 Å². The van der Waals surface area contributed by atoms with Gasteiger partial charge in [-0.2, -0.15) is 36.5 Å². The molecule has 4 N–H and O–H groups in total. The van der Waals surface area contributed by atoms with E-state index in [-0.39, 0.29) is 26.3 Å². The number of aliphatic hydroxyl groups excluding tert-OH is 2. The Kier molecular flexibility index (Phi) is 14.3. The number of nitrogens with zero attached hydrogens (tertiary/aromatic N) is 6. The molecule has 0 atom stereocenters. The van der Waals surface area contributed by atoms with Crippen molar-refractivity contribution in [2.75, 3.05) is 23.7 Å². The van der Waals surface area contributed by atoms with Crippen LogP contribution in [0.15, 0.2) is 122 Å². The summed E-state index contributed by atoms with van der Waals surface area (Å²) < 4.78 is 79.6. The Morgan fingerprint density at radius 1 is 0.647 bits per heavy atom. The number of alkyl halides is 6. The van der Waals surface area contributed by atoms with Crippen LogP contribution in [0.3, 0.4) is 0 Å². The van der Waals surface area contributed by atoms with Crippen LogP contribution in [0.2, 0.25) is 0 Å². The summed E-state index contributed by atoms with van der Waals surface area (Å²) >= 11 is 5.60. The van der Waals surface area contributed by atoms with Crippen LogP contribution in [0.1, 0.15) is 59.2 Å². The minimum absolute atomic E-state index is 0.127. The average Bonchev–Trinajstić information content (AvgIpc) is 3.87. The Hall–Kier alpha value is -7.02. The number of carbonyl (C=O) groups excluding carboxylic acids is 1. The minimum Gasteiger partial charge on any atom is -0.392 e. The molecule has 18 heteroatoms. The maximum Gasteiger partial charge on any atom is 0.390 e. The molecular weight excluding hydrogens is 907 g/mol. The summed E-state index contributed by atoms with van der Waals surface area (Å²) in [6, 6.07) is 32.5. The monoisotopic (exact) mass is 950 g/mol. The summed E-state index contributed by atoms with van der Waals surface area (Å²) in [5.74, 6) is 0.714. The van der Waals surface area contributed by atoms with Gasteiger partial charge >= 0.3 is 12.4 Å². The van der Waals surface area contributed by atoms with E-state index in [2.05, 4.69) is 25.7 Å². The topological polar surface area (TPSA) is 142 Å². The molecule has 0 saturated heterocycles. The lowest BCUT2D eigenvalue weighted by Crippen LogP contribution is -2.15. The van der Waals surface area contributed by atoms with Crippen LogP contribution in [0.4, 0.5) is 37.7 Å². The SMILES string of the molecule is O=Cc1ccc(-c2cnc3c(NCCC(F)(F)F)cc(-c4cccc(CO)c4)nn23)cc1.OCc1cccc(-c2cc(NCCC(F)(F)F)c3ncc(-c4ccc(C(=S)CC5CC5)cc4)n3n2)c1. The number of aliphatic hydroxyl groups is 2. The van der Waals surface area contributed by atoms with Crippen molar-refractivity contribution in [3.8, 4) is 45.0 Å². The lowest BCUT2D eigenvalue weighted by Gasteiger charge is -2.13. The molecule has 11 nitrogen and oxygen atoms in total. The molecule has 4 heterocycles. The van der Waals surface area contributed by atoms with E-state index in [0.29, 0.717) is 73.6 Å². The van der Waals surface area contributed by atoms with Gasteiger partial charge in [0.2, 0.25) is 0 Å². The summed E-state index contributed by atoms with van der Waals surface area (Å²) in [5.41, 5.74) is 10.1. The summed E-state index contributed by atoms with van der Waals surface area (Å²) in [6.07, 6.45) is -3.08. The van der Waals surface area contributed by atoms with Crippen LogP contribution >= 0.6 is 12.2 Å². The van der Waals surface area contributed by atoms with Crippen LogP contribution in [0, 0.1) is 5.92 Å². The summed E-state index contributed by atoms with van der Waals surface area (Å²) in [4.78, 5) is 20.8. The molecule has 0 unspecified atom stereocenters. The second-order valence-electron chi connectivity index (χ2n) is 16.3. The molecule has 4 aromatic carbocycles.